The van der Waals surface area contributed by atoms with Gasteiger partial charge in [0, 0.05) is 17.8 Å². The molecule has 0 bridgehead atoms. The molecule has 0 atom stereocenters. The number of hydrogen-bond acceptors (Lipinski definition) is 4. The van der Waals surface area contributed by atoms with Crippen molar-refractivity contribution in [1.82, 2.24) is 4.98 Å². The molecule has 1 aromatic heterocycles. The van der Waals surface area contributed by atoms with Crippen molar-refractivity contribution in [2.75, 3.05) is 14.2 Å². The van der Waals surface area contributed by atoms with Crippen LogP contribution in [0.5, 0.6) is 11.5 Å². The summed E-state index contributed by atoms with van der Waals surface area (Å²) in [5.41, 5.74) is 1.91. The van der Waals surface area contributed by atoms with Crippen LogP contribution < -0.4 is 9.47 Å². The minimum atomic E-state index is 0.481. The van der Waals surface area contributed by atoms with E-state index in [4.69, 9.17) is 9.47 Å². The van der Waals surface area contributed by atoms with Gasteiger partial charge in [0.1, 0.15) is 17.6 Å². The summed E-state index contributed by atoms with van der Waals surface area (Å²) in [6.07, 6.45) is 3.41. The first-order valence-electron chi connectivity index (χ1n) is 6.03. The molecule has 20 heavy (non-hydrogen) atoms. The number of aromatic nitrogens is 1. The summed E-state index contributed by atoms with van der Waals surface area (Å²) in [4.78, 5) is 4.18. The van der Waals surface area contributed by atoms with Crippen LogP contribution in [-0.4, -0.2) is 19.2 Å². The summed E-state index contributed by atoms with van der Waals surface area (Å²) < 4.78 is 10.5. The molecule has 0 fully saturated rings. The van der Waals surface area contributed by atoms with Gasteiger partial charge in [-0.05, 0) is 30.3 Å². The maximum atomic E-state index is 9.28. The summed E-state index contributed by atoms with van der Waals surface area (Å²) in [6.45, 7) is 0. The molecule has 0 unspecified atom stereocenters. The van der Waals surface area contributed by atoms with Crippen molar-refractivity contribution in [2.45, 2.75) is 0 Å². The van der Waals surface area contributed by atoms with Crippen LogP contribution in [0.1, 0.15) is 11.3 Å². The fraction of sp³-hybridized carbons (Fsp3) is 0.125. The van der Waals surface area contributed by atoms with Crippen molar-refractivity contribution < 1.29 is 9.47 Å². The fourth-order valence-corrected chi connectivity index (χ4v) is 1.78. The van der Waals surface area contributed by atoms with E-state index in [0.717, 1.165) is 5.56 Å². The van der Waals surface area contributed by atoms with Gasteiger partial charge in [-0.3, -0.25) is 4.98 Å². The number of ether oxygens (including phenoxy) is 2. The van der Waals surface area contributed by atoms with Crippen molar-refractivity contribution in [3.8, 4) is 17.6 Å². The Kier molecular flexibility index (Phi) is 4.35. The molecule has 1 aromatic carbocycles. The monoisotopic (exact) mass is 266 g/mol. The average Bonchev–Trinajstić information content (AvgIpc) is 2.53. The topological polar surface area (TPSA) is 55.1 Å². The maximum Gasteiger partial charge on any atom is 0.129 e. The van der Waals surface area contributed by atoms with Crippen molar-refractivity contribution >= 4 is 11.6 Å². The molecule has 0 saturated carbocycles. The molecule has 0 spiro atoms. The number of nitriles is 1. The van der Waals surface area contributed by atoms with Gasteiger partial charge in [-0.1, -0.05) is 6.07 Å². The van der Waals surface area contributed by atoms with Gasteiger partial charge in [0.15, 0.2) is 0 Å². The van der Waals surface area contributed by atoms with E-state index in [-0.39, 0.29) is 0 Å². The highest BCUT2D eigenvalue weighted by atomic mass is 16.5. The molecule has 0 N–H and O–H groups in total. The molecule has 4 heteroatoms. The van der Waals surface area contributed by atoms with Crippen LogP contribution in [0, 0.1) is 11.3 Å². The quantitative estimate of drug-likeness (QED) is 0.798. The fourth-order valence-electron chi connectivity index (χ4n) is 1.78. The Morgan fingerprint density at radius 3 is 2.65 bits per heavy atom. The molecule has 0 aliphatic rings. The summed E-state index contributed by atoms with van der Waals surface area (Å²) in [5, 5.41) is 9.28. The molecule has 0 saturated heterocycles. The number of methoxy groups -OCH3 is 2. The Balaban J connectivity index is 2.46. The molecule has 2 aromatic rings. The minimum absolute atomic E-state index is 0.481. The van der Waals surface area contributed by atoms with Crippen molar-refractivity contribution in [1.29, 1.82) is 5.26 Å². The number of benzene rings is 1. The maximum absolute atomic E-state index is 9.28. The third-order valence-corrected chi connectivity index (χ3v) is 2.80. The third-order valence-electron chi connectivity index (χ3n) is 2.80. The van der Waals surface area contributed by atoms with E-state index in [0.29, 0.717) is 22.8 Å². The van der Waals surface area contributed by atoms with Gasteiger partial charge >= 0.3 is 0 Å². The number of pyridine rings is 1. The largest absolute Gasteiger partial charge is 0.497 e. The molecule has 100 valence electrons. The molecule has 0 aliphatic carbocycles. The second-order valence-corrected chi connectivity index (χ2v) is 3.99. The van der Waals surface area contributed by atoms with Crippen LogP contribution in [0.4, 0.5) is 0 Å². The summed E-state index contributed by atoms with van der Waals surface area (Å²) in [7, 11) is 3.18. The molecular formula is C16H14N2O2. The Morgan fingerprint density at radius 1 is 1.20 bits per heavy atom. The lowest BCUT2D eigenvalue weighted by molar-refractivity contribution is 0.394. The SMILES string of the molecule is COc1ccc(/C=C(\C#N)c2ccccn2)c(OC)c1. The first-order valence-corrected chi connectivity index (χ1v) is 6.03. The third kappa shape index (κ3) is 2.96. The highest BCUT2D eigenvalue weighted by Gasteiger charge is 2.06. The number of allylic oxidation sites excluding steroid dienone is 1. The molecular weight excluding hydrogens is 252 g/mol. The summed E-state index contributed by atoms with van der Waals surface area (Å²) >= 11 is 0. The second kappa shape index (κ2) is 6.39. The van der Waals surface area contributed by atoms with Gasteiger partial charge in [-0.25, -0.2) is 0 Å². The lowest BCUT2D eigenvalue weighted by Gasteiger charge is -2.08. The highest BCUT2D eigenvalue weighted by molar-refractivity contribution is 5.89. The molecule has 1 heterocycles. The standard InChI is InChI=1S/C16H14N2O2/c1-19-14-7-6-12(16(10-14)20-2)9-13(11-17)15-5-3-4-8-18-15/h3-10H,1-2H3/b13-9+. The van der Waals surface area contributed by atoms with Crippen molar-refractivity contribution in [2.24, 2.45) is 0 Å². The van der Waals surface area contributed by atoms with Gasteiger partial charge in [-0.15, -0.1) is 0 Å². The number of hydrogen-bond donors (Lipinski definition) is 0. The van der Waals surface area contributed by atoms with Gasteiger partial charge in [0.2, 0.25) is 0 Å². The number of nitrogens with zero attached hydrogens (tertiary/aromatic N) is 2. The lowest BCUT2D eigenvalue weighted by atomic mass is 10.1. The normalized spacial score (nSPS) is 10.8. The Bertz CT molecular complexity index is 658. The zero-order chi connectivity index (χ0) is 14.4. The summed E-state index contributed by atoms with van der Waals surface area (Å²) in [6, 6.07) is 13.1. The molecule has 0 radical (unpaired) electrons. The van der Waals surface area contributed by atoms with Crippen LogP contribution in [0.2, 0.25) is 0 Å². The van der Waals surface area contributed by atoms with Crippen LogP contribution >= 0.6 is 0 Å². The van der Waals surface area contributed by atoms with E-state index in [1.54, 1.807) is 38.6 Å². The Hall–Kier alpha value is -2.80. The van der Waals surface area contributed by atoms with Crippen molar-refractivity contribution in [3.05, 3.63) is 53.9 Å². The van der Waals surface area contributed by atoms with E-state index < -0.39 is 0 Å². The Labute approximate surface area is 117 Å². The highest BCUT2D eigenvalue weighted by Crippen LogP contribution is 2.27. The smallest absolute Gasteiger partial charge is 0.129 e. The molecule has 2 rings (SSSR count). The van der Waals surface area contributed by atoms with E-state index in [1.807, 2.05) is 24.3 Å². The molecule has 0 amide bonds. The van der Waals surface area contributed by atoms with Crippen LogP contribution in [-0.2, 0) is 0 Å². The van der Waals surface area contributed by atoms with E-state index in [1.165, 1.54) is 0 Å². The Morgan fingerprint density at radius 2 is 2.05 bits per heavy atom. The van der Waals surface area contributed by atoms with Gasteiger partial charge < -0.3 is 9.47 Å². The van der Waals surface area contributed by atoms with Gasteiger partial charge in [0.05, 0.1) is 25.5 Å². The van der Waals surface area contributed by atoms with Crippen LogP contribution in [0.25, 0.3) is 11.6 Å². The average molecular weight is 266 g/mol. The first kappa shape index (κ1) is 13.6. The van der Waals surface area contributed by atoms with E-state index in [2.05, 4.69) is 11.1 Å². The first-order chi connectivity index (χ1) is 9.78. The van der Waals surface area contributed by atoms with Crippen molar-refractivity contribution in [3.63, 3.8) is 0 Å². The van der Waals surface area contributed by atoms with Gasteiger partial charge in [0.25, 0.3) is 0 Å². The van der Waals surface area contributed by atoms with Crippen LogP contribution in [0.3, 0.4) is 0 Å². The second-order valence-electron chi connectivity index (χ2n) is 3.99. The molecule has 4 nitrogen and oxygen atoms in total. The predicted molar refractivity (Wildman–Crippen MR) is 77.3 cm³/mol. The lowest BCUT2D eigenvalue weighted by Crippen LogP contribution is -1.91. The van der Waals surface area contributed by atoms with Crippen LogP contribution in [0.15, 0.2) is 42.6 Å². The zero-order valence-electron chi connectivity index (χ0n) is 11.3. The zero-order valence-corrected chi connectivity index (χ0v) is 11.3. The minimum Gasteiger partial charge on any atom is -0.497 e. The predicted octanol–water partition coefficient (Wildman–Crippen LogP) is 3.16. The van der Waals surface area contributed by atoms with E-state index in [9.17, 15) is 5.26 Å². The molecule has 0 aliphatic heterocycles. The van der Waals surface area contributed by atoms with E-state index >= 15 is 0 Å². The summed E-state index contributed by atoms with van der Waals surface area (Å²) in [5.74, 6) is 1.35. The van der Waals surface area contributed by atoms with Gasteiger partial charge in [-0.2, -0.15) is 5.26 Å². The number of rotatable bonds is 4.